The molecular weight excluding hydrogens is 188 g/mol. The molecule has 0 spiro atoms. The molecule has 0 fully saturated rings. The predicted octanol–water partition coefficient (Wildman–Crippen LogP) is 3.15. The molecule has 1 atom stereocenters. The smallest absolute Gasteiger partial charge is 0.337 e. The quantitative estimate of drug-likeness (QED) is 0.556. The van der Waals surface area contributed by atoms with Gasteiger partial charge < -0.3 is 4.74 Å². The fourth-order valence-corrected chi connectivity index (χ4v) is 1.45. The van der Waals surface area contributed by atoms with Crippen LogP contribution in [0.1, 0.15) is 35.2 Å². The van der Waals surface area contributed by atoms with E-state index in [4.69, 9.17) is 0 Å². The molecule has 1 unspecified atom stereocenters. The molecule has 2 heteroatoms. The molecule has 80 valence electrons. The monoisotopic (exact) mass is 204 g/mol. The molecule has 1 rings (SSSR count). The third kappa shape index (κ3) is 2.94. The van der Waals surface area contributed by atoms with Crippen molar-refractivity contribution < 1.29 is 9.53 Å². The Kier molecular flexibility index (Phi) is 4.10. The fraction of sp³-hybridized carbons (Fsp3) is 0.308. The van der Waals surface area contributed by atoms with E-state index in [0.717, 1.165) is 6.42 Å². The van der Waals surface area contributed by atoms with E-state index in [9.17, 15) is 4.79 Å². The molecule has 1 aromatic rings. The highest BCUT2D eigenvalue weighted by molar-refractivity contribution is 5.89. The highest BCUT2D eigenvalue weighted by Gasteiger charge is 2.07. The first-order valence-electron chi connectivity index (χ1n) is 4.98. The van der Waals surface area contributed by atoms with E-state index in [1.54, 1.807) is 12.1 Å². The Balaban J connectivity index is 2.80. The number of benzene rings is 1. The molecule has 0 N–H and O–H groups in total. The number of hydrogen-bond acceptors (Lipinski definition) is 2. The normalized spacial score (nSPS) is 11.9. The van der Waals surface area contributed by atoms with Crippen LogP contribution < -0.4 is 0 Å². The molecular formula is C13H16O2. The first-order chi connectivity index (χ1) is 7.19. The van der Waals surface area contributed by atoms with Gasteiger partial charge in [-0.3, -0.25) is 0 Å². The molecule has 1 aromatic carbocycles. The van der Waals surface area contributed by atoms with Crippen LogP contribution in [-0.4, -0.2) is 13.1 Å². The van der Waals surface area contributed by atoms with Crippen LogP contribution in [0.3, 0.4) is 0 Å². The van der Waals surface area contributed by atoms with Crippen molar-refractivity contribution in [2.24, 2.45) is 0 Å². The van der Waals surface area contributed by atoms with E-state index in [2.05, 4.69) is 18.2 Å². The number of allylic oxidation sites excluding steroid dienone is 1. The standard InChI is InChI=1S/C13H16O2/c1-4-5-10(2)11-6-8-12(9-7-11)13(14)15-3/h4,6-10H,1,5H2,2-3H3. The number of carbonyl (C=O) groups is 1. The van der Waals surface area contributed by atoms with Crippen LogP contribution in [0.4, 0.5) is 0 Å². The maximum absolute atomic E-state index is 11.2. The lowest BCUT2D eigenvalue weighted by Crippen LogP contribution is -2.01. The molecule has 0 saturated heterocycles. The molecule has 0 radical (unpaired) electrons. The van der Waals surface area contributed by atoms with Gasteiger partial charge in [0, 0.05) is 0 Å². The summed E-state index contributed by atoms with van der Waals surface area (Å²) in [4.78, 5) is 11.2. The van der Waals surface area contributed by atoms with Gasteiger partial charge >= 0.3 is 5.97 Å². The van der Waals surface area contributed by atoms with E-state index in [-0.39, 0.29) is 5.97 Å². The van der Waals surface area contributed by atoms with Crippen molar-refractivity contribution in [2.45, 2.75) is 19.3 Å². The van der Waals surface area contributed by atoms with Gasteiger partial charge in [0.1, 0.15) is 0 Å². The van der Waals surface area contributed by atoms with Gasteiger partial charge in [0.2, 0.25) is 0 Å². The van der Waals surface area contributed by atoms with Crippen molar-refractivity contribution in [3.63, 3.8) is 0 Å². The lowest BCUT2D eigenvalue weighted by atomic mass is 9.97. The SMILES string of the molecule is C=CCC(C)c1ccc(C(=O)OC)cc1. The second-order valence-corrected chi connectivity index (χ2v) is 3.54. The lowest BCUT2D eigenvalue weighted by Gasteiger charge is -2.09. The van der Waals surface area contributed by atoms with Crippen LogP contribution >= 0.6 is 0 Å². The summed E-state index contributed by atoms with van der Waals surface area (Å²) in [6.07, 6.45) is 2.84. The van der Waals surface area contributed by atoms with E-state index in [1.807, 2.05) is 18.2 Å². The van der Waals surface area contributed by atoms with E-state index in [0.29, 0.717) is 11.5 Å². The highest BCUT2D eigenvalue weighted by atomic mass is 16.5. The topological polar surface area (TPSA) is 26.3 Å². The maximum atomic E-state index is 11.2. The molecule has 0 aromatic heterocycles. The Bertz CT molecular complexity index is 338. The third-order valence-corrected chi connectivity index (χ3v) is 2.42. The largest absolute Gasteiger partial charge is 0.465 e. The van der Waals surface area contributed by atoms with Crippen molar-refractivity contribution in [1.82, 2.24) is 0 Å². The molecule has 0 aliphatic heterocycles. The van der Waals surface area contributed by atoms with E-state index in [1.165, 1.54) is 12.7 Å². The average Bonchev–Trinajstić information content (AvgIpc) is 2.28. The summed E-state index contributed by atoms with van der Waals surface area (Å²) in [6, 6.07) is 7.50. The van der Waals surface area contributed by atoms with Gasteiger partial charge in [-0.25, -0.2) is 4.79 Å². The van der Waals surface area contributed by atoms with Crippen molar-refractivity contribution in [1.29, 1.82) is 0 Å². The van der Waals surface area contributed by atoms with Gasteiger partial charge in [0.25, 0.3) is 0 Å². The molecule has 0 saturated carbocycles. The summed E-state index contributed by atoms with van der Waals surface area (Å²) < 4.78 is 4.63. The number of rotatable bonds is 4. The Morgan fingerprint density at radius 2 is 2.07 bits per heavy atom. The van der Waals surface area contributed by atoms with Crippen LogP contribution in [0, 0.1) is 0 Å². The summed E-state index contributed by atoms with van der Waals surface area (Å²) in [5.41, 5.74) is 1.80. The number of carbonyl (C=O) groups excluding carboxylic acids is 1. The first kappa shape index (κ1) is 11.5. The average molecular weight is 204 g/mol. The number of methoxy groups -OCH3 is 1. The van der Waals surface area contributed by atoms with Gasteiger partial charge in [-0.1, -0.05) is 25.1 Å². The molecule has 2 nitrogen and oxygen atoms in total. The second kappa shape index (κ2) is 5.35. The van der Waals surface area contributed by atoms with Gasteiger partial charge in [-0.15, -0.1) is 6.58 Å². The van der Waals surface area contributed by atoms with Crippen LogP contribution in [0.2, 0.25) is 0 Å². The van der Waals surface area contributed by atoms with Crippen LogP contribution in [0.25, 0.3) is 0 Å². The predicted molar refractivity (Wildman–Crippen MR) is 61.0 cm³/mol. The maximum Gasteiger partial charge on any atom is 0.337 e. The van der Waals surface area contributed by atoms with E-state index >= 15 is 0 Å². The Hall–Kier alpha value is -1.57. The summed E-state index contributed by atoms with van der Waals surface area (Å²) in [7, 11) is 1.39. The van der Waals surface area contributed by atoms with Gasteiger partial charge in [0.05, 0.1) is 12.7 Å². The van der Waals surface area contributed by atoms with Crippen molar-refractivity contribution >= 4 is 5.97 Å². The zero-order valence-corrected chi connectivity index (χ0v) is 9.19. The van der Waals surface area contributed by atoms with Crippen molar-refractivity contribution in [3.8, 4) is 0 Å². The number of esters is 1. The second-order valence-electron chi connectivity index (χ2n) is 3.54. The molecule has 15 heavy (non-hydrogen) atoms. The van der Waals surface area contributed by atoms with Crippen LogP contribution in [-0.2, 0) is 4.74 Å². The van der Waals surface area contributed by atoms with Gasteiger partial charge in [-0.05, 0) is 30.0 Å². The number of hydrogen-bond donors (Lipinski definition) is 0. The molecule has 0 aliphatic rings. The molecule has 0 heterocycles. The van der Waals surface area contributed by atoms with E-state index < -0.39 is 0 Å². The Labute approximate surface area is 90.6 Å². The van der Waals surface area contributed by atoms with Crippen molar-refractivity contribution in [3.05, 3.63) is 48.0 Å². The lowest BCUT2D eigenvalue weighted by molar-refractivity contribution is 0.0600. The number of ether oxygens (including phenoxy) is 1. The summed E-state index contributed by atoms with van der Waals surface area (Å²) in [6.45, 7) is 5.84. The molecule has 0 aliphatic carbocycles. The molecule has 0 bridgehead atoms. The van der Waals surface area contributed by atoms with Gasteiger partial charge in [0.15, 0.2) is 0 Å². The zero-order chi connectivity index (χ0) is 11.3. The van der Waals surface area contributed by atoms with Gasteiger partial charge in [-0.2, -0.15) is 0 Å². The highest BCUT2D eigenvalue weighted by Crippen LogP contribution is 2.19. The fourth-order valence-electron chi connectivity index (χ4n) is 1.45. The molecule has 0 amide bonds. The summed E-state index contributed by atoms with van der Waals surface area (Å²) in [5.74, 6) is 0.145. The van der Waals surface area contributed by atoms with Crippen molar-refractivity contribution in [2.75, 3.05) is 7.11 Å². The van der Waals surface area contributed by atoms with Crippen LogP contribution in [0.15, 0.2) is 36.9 Å². The third-order valence-electron chi connectivity index (χ3n) is 2.42. The summed E-state index contributed by atoms with van der Waals surface area (Å²) in [5, 5.41) is 0. The summed E-state index contributed by atoms with van der Waals surface area (Å²) >= 11 is 0. The minimum absolute atomic E-state index is 0.294. The zero-order valence-electron chi connectivity index (χ0n) is 9.19. The van der Waals surface area contributed by atoms with Crippen LogP contribution in [0.5, 0.6) is 0 Å². The minimum atomic E-state index is -0.294. The minimum Gasteiger partial charge on any atom is -0.465 e. The Morgan fingerprint density at radius 1 is 1.47 bits per heavy atom. The Morgan fingerprint density at radius 3 is 2.53 bits per heavy atom. The first-order valence-corrected chi connectivity index (χ1v) is 4.98.